The highest BCUT2D eigenvalue weighted by atomic mass is 19.4. The lowest BCUT2D eigenvalue weighted by Crippen LogP contribution is -2.41. The second kappa shape index (κ2) is 9.07. The fourth-order valence-corrected chi connectivity index (χ4v) is 2.63. The number of para-hydroxylation sites is 1. The van der Waals surface area contributed by atoms with Crippen LogP contribution >= 0.6 is 0 Å². The van der Waals surface area contributed by atoms with E-state index in [1.165, 1.54) is 30.1 Å². The quantitative estimate of drug-likeness (QED) is 0.755. The average molecular weight is 396 g/mol. The van der Waals surface area contributed by atoms with E-state index in [1.807, 2.05) is 19.1 Å². The zero-order chi connectivity index (χ0) is 20.9. The van der Waals surface area contributed by atoms with E-state index in [0.717, 1.165) is 11.6 Å². The highest BCUT2D eigenvalue weighted by Gasteiger charge is 2.34. The first kappa shape index (κ1) is 21.7. The molecule has 0 aliphatic carbocycles. The number of aryl methyl sites for hydroxylation is 1. The average Bonchev–Trinajstić information content (AvgIpc) is 2.65. The first-order chi connectivity index (χ1) is 13.1. The molecule has 28 heavy (non-hydrogen) atoms. The van der Waals surface area contributed by atoms with Crippen molar-refractivity contribution in [2.75, 3.05) is 20.2 Å². The molecule has 0 saturated heterocycles. The zero-order valence-corrected chi connectivity index (χ0v) is 15.6. The predicted octanol–water partition coefficient (Wildman–Crippen LogP) is 2.91. The maximum atomic E-state index is 13.0. The predicted molar refractivity (Wildman–Crippen MR) is 98.7 cm³/mol. The number of amides is 1. The highest BCUT2D eigenvalue weighted by molar-refractivity contribution is 5.82. The van der Waals surface area contributed by atoms with Crippen LogP contribution in [0.15, 0.2) is 48.5 Å². The monoisotopic (exact) mass is 396 g/mol. The Labute approximate surface area is 161 Å². The van der Waals surface area contributed by atoms with Crippen LogP contribution in [0.2, 0.25) is 0 Å². The summed E-state index contributed by atoms with van der Waals surface area (Å²) in [4.78, 5) is 13.7. The maximum absolute atomic E-state index is 13.0. The number of alkyl halides is 3. The Balaban J connectivity index is 1.93. The number of carbonyl (C=O) groups excluding carboxylic acids is 1. The molecule has 8 heteroatoms. The molecule has 2 unspecified atom stereocenters. The normalized spacial score (nSPS) is 13.7. The van der Waals surface area contributed by atoms with E-state index in [9.17, 15) is 23.1 Å². The number of ether oxygens (including phenoxy) is 1. The number of benzene rings is 2. The maximum Gasteiger partial charge on any atom is 0.419 e. The van der Waals surface area contributed by atoms with Gasteiger partial charge in [-0.3, -0.25) is 4.79 Å². The molecule has 0 aromatic heterocycles. The van der Waals surface area contributed by atoms with Crippen molar-refractivity contribution in [3.63, 3.8) is 0 Å². The molecular formula is C20H23F3N2O3. The lowest BCUT2D eigenvalue weighted by Gasteiger charge is -2.24. The minimum absolute atomic E-state index is 0.132. The molecule has 0 radical (unpaired) electrons. The molecule has 2 rings (SSSR count). The van der Waals surface area contributed by atoms with Gasteiger partial charge < -0.3 is 20.5 Å². The smallest absolute Gasteiger partial charge is 0.419 e. The summed E-state index contributed by atoms with van der Waals surface area (Å²) in [6.07, 6.45) is -5.74. The first-order valence-corrected chi connectivity index (χ1v) is 8.64. The molecule has 0 bridgehead atoms. The van der Waals surface area contributed by atoms with E-state index in [4.69, 9.17) is 10.5 Å². The van der Waals surface area contributed by atoms with E-state index in [1.54, 1.807) is 12.1 Å². The third kappa shape index (κ3) is 5.71. The summed E-state index contributed by atoms with van der Waals surface area (Å²) in [6, 6.07) is 11.0. The summed E-state index contributed by atoms with van der Waals surface area (Å²) in [5.41, 5.74) is 6.71. The summed E-state index contributed by atoms with van der Waals surface area (Å²) < 4.78 is 44.0. The molecule has 3 N–H and O–H groups in total. The van der Waals surface area contributed by atoms with Gasteiger partial charge in [0.25, 0.3) is 0 Å². The number of aliphatic hydroxyl groups is 1. The molecular weight excluding hydrogens is 373 g/mol. The summed E-state index contributed by atoms with van der Waals surface area (Å²) >= 11 is 0. The van der Waals surface area contributed by atoms with Gasteiger partial charge in [-0.2, -0.15) is 13.2 Å². The third-order valence-electron chi connectivity index (χ3n) is 4.19. The Morgan fingerprint density at radius 2 is 1.79 bits per heavy atom. The van der Waals surface area contributed by atoms with Crippen molar-refractivity contribution in [1.29, 1.82) is 0 Å². The largest absolute Gasteiger partial charge is 0.490 e. The number of hydrogen-bond donors (Lipinski definition) is 2. The van der Waals surface area contributed by atoms with E-state index in [0.29, 0.717) is 5.56 Å². The minimum Gasteiger partial charge on any atom is -0.490 e. The molecule has 0 saturated carbocycles. The Morgan fingerprint density at radius 1 is 1.18 bits per heavy atom. The molecule has 2 aromatic rings. The van der Waals surface area contributed by atoms with E-state index >= 15 is 0 Å². The molecule has 0 aliphatic rings. The van der Waals surface area contributed by atoms with Crippen molar-refractivity contribution in [1.82, 2.24) is 4.90 Å². The second-order valence-corrected chi connectivity index (χ2v) is 6.57. The van der Waals surface area contributed by atoms with Gasteiger partial charge in [-0.05, 0) is 24.6 Å². The van der Waals surface area contributed by atoms with Crippen molar-refractivity contribution in [3.8, 4) is 5.75 Å². The van der Waals surface area contributed by atoms with E-state index in [-0.39, 0.29) is 12.3 Å². The van der Waals surface area contributed by atoms with Gasteiger partial charge in [0.1, 0.15) is 24.5 Å². The Kier molecular flexibility index (Phi) is 7.04. The van der Waals surface area contributed by atoms with Crippen molar-refractivity contribution >= 4 is 5.91 Å². The lowest BCUT2D eigenvalue weighted by molar-refractivity contribution is -0.139. The lowest BCUT2D eigenvalue weighted by atomic mass is 10.0. The van der Waals surface area contributed by atoms with Crippen LogP contribution in [0.4, 0.5) is 13.2 Å². The Hall–Kier alpha value is -2.58. The molecule has 0 spiro atoms. The van der Waals surface area contributed by atoms with Crippen LogP contribution < -0.4 is 10.5 Å². The van der Waals surface area contributed by atoms with Gasteiger partial charge in [0, 0.05) is 13.6 Å². The number of carbonyl (C=O) groups is 1. The van der Waals surface area contributed by atoms with Crippen LogP contribution in [0, 0.1) is 6.92 Å². The Morgan fingerprint density at radius 3 is 2.39 bits per heavy atom. The number of likely N-dealkylation sites (N-methyl/N-ethyl adjacent to an activating group) is 1. The SMILES string of the molecule is Cc1ccc(C(N)C(=O)N(C)CC(O)COc2ccccc2C(F)(F)F)cc1. The summed E-state index contributed by atoms with van der Waals surface area (Å²) in [7, 11) is 1.46. The van der Waals surface area contributed by atoms with Crippen molar-refractivity contribution in [2.45, 2.75) is 25.2 Å². The molecule has 1 amide bonds. The van der Waals surface area contributed by atoms with Gasteiger partial charge in [0.2, 0.25) is 5.91 Å². The van der Waals surface area contributed by atoms with Crippen molar-refractivity contribution in [3.05, 3.63) is 65.2 Å². The van der Waals surface area contributed by atoms with Gasteiger partial charge in [-0.25, -0.2) is 0 Å². The summed E-state index contributed by atoms with van der Waals surface area (Å²) in [6.45, 7) is 1.38. The molecule has 0 heterocycles. The number of aliphatic hydroxyl groups excluding tert-OH is 1. The molecule has 152 valence electrons. The van der Waals surface area contributed by atoms with Crippen LogP contribution in [-0.4, -0.2) is 42.2 Å². The number of nitrogens with zero attached hydrogens (tertiary/aromatic N) is 1. The zero-order valence-electron chi connectivity index (χ0n) is 15.6. The van der Waals surface area contributed by atoms with Gasteiger partial charge in [0.05, 0.1) is 5.56 Å². The molecule has 2 aromatic carbocycles. The Bertz CT molecular complexity index is 794. The number of halogens is 3. The van der Waals surface area contributed by atoms with Crippen LogP contribution in [0.3, 0.4) is 0 Å². The summed E-state index contributed by atoms with van der Waals surface area (Å²) in [5, 5.41) is 10.1. The van der Waals surface area contributed by atoms with Crippen LogP contribution in [0.25, 0.3) is 0 Å². The molecule has 0 aliphatic heterocycles. The standard InChI is InChI=1S/C20H23F3N2O3/c1-13-7-9-14(10-8-13)18(24)19(27)25(2)11-15(26)12-28-17-6-4-3-5-16(17)20(21,22)23/h3-10,15,18,26H,11-12,24H2,1-2H3. The second-order valence-electron chi connectivity index (χ2n) is 6.57. The number of hydrogen-bond acceptors (Lipinski definition) is 4. The van der Waals surface area contributed by atoms with Gasteiger partial charge in [0.15, 0.2) is 0 Å². The molecule has 0 fully saturated rings. The van der Waals surface area contributed by atoms with Crippen molar-refractivity contribution in [2.24, 2.45) is 5.73 Å². The van der Waals surface area contributed by atoms with Gasteiger partial charge in [-0.1, -0.05) is 42.0 Å². The summed E-state index contributed by atoms with van der Waals surface area (Å²) in [5.74, 6) is -0.794. The van der Waals surface area contributed by atoms with Crippen LogP contribution in [0.5, 0.6) is 5.75 Å². The number of nitrogens with two attached hydrogens (primary N) is 1. The molecule has 5 nitrogen and oxygen atoms in total. The van der Waals surface area contributed by atoms with Gasteiger partial charge in [-0.15, -0.1) is 0 Å². The van der Waals surface area contributed by atoms with E-state index < -0.39 is 36.4 Å². The first-order valence-electron chi connectivity index (χ1n) is 8.64. The fraction of sp³-hybridized carbons (Fsp3) is 0.350. The fourth-order valence-electron chi connectivity index (χ4n) is 2.63. The topological polar surface area (TPSA) is 75.8 Å². The van der Waals surface area contributed by atoms with Crippen LogP contribution in [-0.2, 0) is 11.0 Å². The van der Waals surface area contributed by atoms with Gasteiger partial charge >= 0.3 is 6.18 Å². The third-order valence-corrected chi connectivity index (χ3v) is 4.19. The van der Waals surface area contributed by atoms with Crippen molar-refractivity contribution < 1.29 is 27.8 Å². The molecule has 2 atom stereocenters. The van der Waals surface area contributed by atoms with E-state index in [2.05, 4.69) is 0 Å². The van der Waals surface area contributed by atoms with Crippen LogP contribution in [0.1, 0.15) is 22.7 Å². The number of rotatable bonds is 7. The minimum atomic E-state index is -4.56. The highest BCUT2D eigenvalue weighted by Crippen LogP contribution is 2.35.